The minimum Gasteiger partial charge on any atom is -0.497 e. The van der Waals surface area contributed by atoms with Crippen LogP contribution in [0.3, 0.4) is 0 Å². The van der Waals surface area contributed by atoms with Crippen molar-refractivity contribution in [1.29, 1.82) is 0 Å². The van der Waals surface area contributed by atoms with Crippen LogP contribution in [0, 0.1) is 6.92 Å². The highest BCUT2D eigenvalue weighted by Gasteiger charge is 2.18. The Morgan fingerprint density at radius 3 is 2.72 bits per heavy atom. The molecule has 9 heteroatoms. The number of amides is 1. The van der Waals surface area contributed by atoms with Crippen LogP contribution in [0.4, 0.5) is 0 Å². The van der Waals surface area contributed by atoms with Crippen LogP contribution in [0.5, 0.6) is 5.75 Å². The van der Waals surface area contributed by atoms with Gasteiger partial charge in [-0.3, -0.25) is 14.5 Å². The van der Waals surface area contributed by atoms with E-state index in [-0.39, 0.29) is 18.0 Å². The Bertz CT molecular complexity index is 1150. The number of methoxy groups -OCH3 is 1. The molecular formula is C23H30N6O3. The number of ether oxygens (including phenoxy) is 1. The van der Waals surface area contributed by atoms with Gasteiger partial charge in [-0.05, 0) is 63.6 Å². The number of piperidine rings is 1. The van der Waals surface area contributed by atoms with Crippen LogP contribution in [-0.4, -0.2) is 63.0 Å². The van der Waals surface area contributed by atoms with Gasteiger partial charge in [0, 0.05) is 24.7 Å². The zero-order chi connectivity index (χ0) is 22.7. The lowest BCUT2D eigenvalue weighted by atomic mass is 10.0. The largest absolute Gasteiger partial charge is 0.497 e. The van der Waals surface area contributed by atoms with Gasteiger partial charge in [0.25, 0.3) is 5.56 Å². The first-order chi connectivity index (χ1) is 15.5. The summed E-state index contributed by atoms with van der Waals surface area (Å²) in [5.41, 5.74) is 1.57. The SMILES string of the molecule is COc1ccc(-c2cc3c(=O)n(CC(=O)NCCN4CCCC[C@@H]4C)nc(C)n3n2)cc1. The van der Waals surface area contributed by atoms with E-state index < -0.39 is 0 Å². The van der Waals surface area contributed by atoms with Gasteiger partial charge in [0.15, 0.2) is 0 Å². The minimum atomic E-state index is -0.345. The molecule has 0 unspecified atom stereocenters. The molecule has 1 atom stereocenters. The maximum absolute atomic E-state index is 13.0. The molecule has 1 fully saturated rings. The molecular weight excluding hydrogens is 408 g/mol. The first-order valence-corrected chi connectivity index (χ1v) is 11.1. The molecule has 1 aliphatic rings. The van der Waals surface area contributed by atoms with E-state index in [2.05, 4.69) is 27.3 Å². The predicted molar refractivity (Wildman–Crippen MR) is 122 cm³/mol. The first kappa shape index (κ1) is 22.0. The van der Waals surface area contributed by atoms with Gasteiger partial charge >= 0.3 is 0 Å². The molecule has 0 bridgehead atoms. The maximum Gasteiger partial charge on any atom is 0.293 e. The van der Waals surface area contributed by atoms with Crippen molar-refractivity contribution in [2.45, 2.75) is 45.7 Å². The van der Waals surface area contributed by atoms with Gasteiger partial charge < -0.3 is 10.1 Å². The number of nitrogens with zero attached hydrogens (tertiary/aromatic N) is 5. The summed E-state index contributed by atoms with van der Waals surface area (Å²) >= 11 is 0. The summed E-state index contributed by atoms with van der Waals surface area (Å²) in [6, 6.07) is 9.74. The molecule has 4 rings (SSSR count). The highest BCUT2D eigenvalue weighted by molar-refractivity contribution is 5.75. The van der Waals surface area contributed by atoms with Crippen molar-refractivity contribution >= 4 is 11.4 Å². The summed E-state index contributed by atoms with van der Waals surface area (Å²) in [6.45, 7) is 6.34. The average Bonchev–Trinajstić information content (AvgIpc) is 3.25. The lowest BCUT2D eigenvalue weighted by Gasteiger charge is -2.33. The van der Waals surface area contributed by atoms with Crippen LogP contribution >= 0.6 is 0 Å². The monoisotopic (exact) mass is 438 g/mol. The van der Waals surface area contributed by atoms with Crippen LogP contribution in [-0.2, 0) is 11.3 Å². The Labute approximate surface area is 187 Å². The summed E-state index contributed by atoms with van der Waals surface area (Å²) in [5.74, 6) is 1.07. The van der Waals surface area contributed by atoms with E-state index in [4.69, 9.17) is 4.74 Å². The van der Waals surface area contributed by atoms with E-state index in [0.29, 0.717) is 29.6 Å². The predicted octanol–water partition coefficient (Wildman–Crippen LogP) is 1.87. The number of carbonyl (C=O) groups excluding carboxylic acids is 1. The standard InChI is InChI=1S/C23H30N6O3/c1-16-6-4-5-12-27(16)13-11-24-22(30)15-28-23(31)21-14-20(26-29(21)17(2)25-28)18-7-9-19(32-3)10-8-18/h7-10,14,16H,4-6,11-13,15H2,1-3H3,(H,24,30)/t16-/m0/s1. The summed E-state index contributed by atoms with van der Waals surface area (Å²) in [5, 5.41) is 11.7. The Balaban J connectivity index is 1.46. The van der Waals surface area contributed by atoms with E-state index in [9.17, 15) is 9.59 Å². The Morgan fingerprint density at radius 2 is 2.00 bits per heavy atom. The molecule has 0 radical (unpaired) electrons. The number of likely N-dealkylation sites (tertiary alicyclic amines) is 1. The topological polar surface area (TPSA) is 93.8 Å². The lowest BCUT2D eigenvalue weighted by Crippen LogP contribution is -2.43. The molecule has 2 aromatic heterocycles. The van der Waals surface area contributed by atoms with Crippen LogP contribution in [0.25, 0.3) is 16.8 Å². The van der Waals surface area contributed by atoms with Crippen LogP contribution in [0.1, 0.15) is 32.0 Å². The van der Waals surface area contributed by atoms with Crippen molar-refractivity contribution in [3.63, 3.8) is 0 Å². The molecule has 170 valence electrons. The Kier molecular flexibility index (Phi) is 6.55. The molecule has 3 heterocycles. The molecule has 0 saturated carbocycles. The number of hydrogen-bond acceptors (Lipinski definition) is 6. The second kappa shape index (κ2) is 9.52. The number of hydrogen-bond donors (Lipinski definition) is 1. The van der Waals surface area contributed by atoms with E-state index in [0.717, 1.165) is 24.4 Å². The van der Waals surface area contributed by atoms with E-state index in [1.54, 1.807) is 20.1 Å². The number of carbonyl (C=O) groups is 1. The van der Waals surface area contributed by atoms with Gasteiger partial charge in [0.1, 0.15) is 23.6 Å². The Hall–Kier alpha value is -3.20. The number of nitrogens with one attached hydrogen (secondary N) is 1. The van der Waals surface area contributed by atoms with Gasteiger partial charge in [0.2, 0.25) is 5.91 Å². The van der Waals surface area contributed by atoms with Gasteiger partial charge in [-0.1, -0.05) is 6.42 Å². The fourth-order valence-electron chi connectivity index (χ4n) is 4.21. The Morgan fingerprint density at radius 1 is 1.22 bits per heavy atom. The van der Waals surface area contributed by atoms with Gasteiger partial charge in [0.05, 0.1) is 12.8 Å². The molecule has 9 nitrogen and oxygen atoms in total. The second-order valence-electron chi connectivity index (χ2n) is 8.30. The fraction of sp³-hybridized carbons (Fsp3) is 0.478. The van der Waals surface area contributed by atoms with Crippen molar-refractivity contribution in [2.75, 3.05) is 26.7 Å². The summed E-state index contributed by atoms with van der Waals surface area (Å²) < 4.78 is 7.93. The van der Waals surface area contributed by atoms with E-state index in [1.165, 1.54) is 28.5 Å². The second-order valence-corrected chi connectivity index (χ2v) is 8.30. The van der Waals surface area contributed by atoms with Gasteiger partial charge in [-0.2, -0.15) is 10.2 Å². The highest BCUT2D eigenvalue weighted by atomic mass is 16.5. The average molecular weight is 439 g/mol. The number of rotatable bonds is 7. The summed E-state index contributed by atoms with van der Waals surface area (Å²) in [6.07, 6.45) is 3.69. The zero-order valence-electron chi connectivity index (χ0n) is 18.9. The van der Waals surface area contributed by atoms with Crippen LogP contribution in [0.15, 0.2) is 35.1 Å². The summed E-state index contributed by atoms with van der Waals surface area (Å²) in [7, 11) is 1.61. The van der Waals surface area contributed by atoms with Crippen LogP contribution < -0.4 is 15.6 Å². The molecule has 32 heavy (non-hydrogen) atoms. The lowest BCUT2D eigenvalue weighted by molar-refractivity contribution is -0.122. The van der Waals surface area contributed by atoms with E-state index in [1.807, 2.05) is 24.3 Å². The fourth-order valence-corrected chi connectivity index (χ4v) is 4.21. The van der Waals surface area contributed by atoms with Crippen molar-refractivity contribution in [2.24, 2.45) is 0 Å². The summed E-state index contributed by atoms with van der Waals surface area (Å²) in [4.78, 5) is 27.8. The van der Waals surface area contributed by atoms with Crippen LogP contribution in [0.2, 0.25) is 0 Å². The molecule has 1 saturated heterocycles. The maximum atomic E-state index is 13.0. The normalized spacial score (nSPS) is 16.9. The van der Waals surface area contributed by atoms with Crippen molar-refractivity contribution in [3.05, 3.63) is 46.5 Å². The first-order valence-electron chi connectivity index (χ1n) is 11.1. The number of fused-ring (bicyclic) bond motifs is 1. The van der Waals surface area contributed by atoms with Gasteiger partial charge in [-0.25, -0.2) is 9.20 Å². The third kappa shape index (κ3) is 4.67. The minimum absolute atomic E-state index is 0.116. The smallest absolute Gasteiger partial charge is 0.293 e. The number of benzene rings is 1. The molecule has 1 N–H and O–H groups in total. The number of aryl methyl sites for hydroxylation is 1. The molecule has 1 amide bonds. The van der Waals surface area contributed by atoms with Gasteiger partial charge in [-0.15, -0.1) is 0 Å². The van der Waals surface area contributed by atoms with Crippen molar-refractivity contribution in [3.8, 4) is 17.0 Å². The van der Waals surface area contributed by atoms with Crippen molar-refractivity contribution in [1.82, 2.24) is 29.6 Å². The molecule has 1 aromatic carbocycles. The molecule has 0 aliphatic carbocycles. The molecule has 1 aliphatic heterocycles. The molecule has 3 aromatic rings. The molecule has 0 spiro atoms. The zero-order valence-corrected chi connectivity index (χ0v) is 18.9. The van der Waals surface area contributed by atoms with E-state index >= 15 is 0 Å². The highest BCUT2D eigenvalue weighted by Crippen LogP contribution is 2.22. The third-order valence-electron chi connectivity index (χ3n) is 6.08. The number of aromatic nitrogens is 4. The quantitative estimate of drug-likeness (QED) is 0.605. The third-order valence-corrected chi connectivity index (χ3v) is 6.08. The van der Waals surface area contributed by atoms with Crippen molar-refractivity contribution < 1.29 is 9.53 Å².